The Balaban J connectivity index is 1.75. The summed E-state index contributed by atoms with van der Waals surface area (Å²) in [5, 5.41) is 11.2. The fourth-order valence-electron chi connectivity index (χ4n) is 2.75. The largest absolute Gasteiger partial charge is 0.490 e. The topological polar surface area (TPSA) is 81.9 Å². The second kappa shape index (κ2) is 9.73. The van der Waals surface area contributed by atoms with E-state index >= 15 is 0 Å². The Morgan fingerprint density at radius 1 is 1.17 bits per heavy atom. The SMILES string of the molecule is CCN1C(=O)C(=Cc2cc([N+](=O)[O-])ccc2OCCOc2ccc(C)cc2)SC1=S. The van der Waals surface area contributed by atoms with Gasteiger partial charge in [0.15, 0.2) is 0 Å². The van der Waals surface area contributed by atoms with Gasteiger partial charge in [0, 0.05) is 24.2 Å². The lowest BCUT2D eigenvalue weighted by Gasteiger charge is -2.11. The number of thiocarbonyl (C=S) groups is 1. The van der Waals surface area contributed by atoms with Crippen molar-refractivity contribution in [2.24, 2.45) is 0 Å². The second-order valence-corrected chi connectivity index (χ2v) is 8.09. The average molecular weight is 445 g/mol. The normalized spacial score (nSPS) is 15.0. The highest BCUT2D eigenvalue weighted by Gasteiger charge is 2.31. The van der Waals surface area contributed by atoms with Crippen LogP contribution in [0.2, 0.25) is 0 Å². The van der Waals surface area contributed by atoms with Crippen molar-refractivity contribution in [1.29, 1.82) is 0 Å². The fraction of sp³-hybridized carbons (Fsp3) is 0.238. The molecule has 0 bridgehead atoms. The van der Waals surface area contributed by atoms with Crippen molar-refractivity contribution in [3.63, 3.8) is 0 Å². The zero-order chi connectivity index (χ0) is 21.7. The number of ether oxygens (including phenoxy) is 2. The first-order valence-corrected chi connectivity index (χ1v) is 10.5. The minimum Gasteiger partial charge on any atom is -0.490 e. The van der Waals surface area contributed by atoms with E-state index in [1.165, 1.54) is 34.9 Å². The molecule has 1 aliphatic rings. The third kappa shape index (κ3) is 5.17. The van der Waals surface area contributed by atoms with Crippen molar-refractivity contribution in [2.45, 2.75) is 13.8 Å². The van der Waals surface area contributed by atoms with Crippen molar-refractivity contribution in [3.05, 3.63) is 68.6 Å². The molecule has 0 spiro atoms. The maximum atomic E-state index is 12.5. The summed E-state index contributed by atoms with van der Waals surface area (Å²) in [5.41, 5.74) is 1.49. The predicted octanol–water partition coefficient (Wildman–Crippen LogP) is 4.58. The van der Waals surface area contributed by atoms with E-state index < -0.39 is 4.92 Å². The molecule has 1 fully saturated rings. The lowest BCUT2D eigenvalue weighted by Crippen LogP contribution is -2.27. The van der Waals surface area contributed by atoms with Gasteiger partial charge in [-0.1, -0.05) is 41.7 Å². The van der Waals surface area contributed by atoms with Crippen LogP contribution in [-0.2, 0) is 4.79 Å². The molecule has 1 aliphatic heterocycles. The number of amides is 1. The van der Waals surface area contributed by atoms with Crippen LogP contribution in [0.3, 0.4) is 0 Å². The van der Waals surface area contributed by atoms with E-state index in [2.05, 4.69) is 0 Å². The van der Waals surface area contributed by atoms with Crippen LogP contribution in [0, 0.1) is 17.0 Å². The quantitative estimate of drug-likeness (QED) is 0.194. The molecule has 30 heavy (non-hydrogen) atoms. The number of benzene rings is 2. The highest BCUT2D eigenvalue weighted by atomic mass is 32.2. The summed E-state index contributed by atoms with van der Waals surface area (Å²) in [6.45, 7) is 4.84. The summed E-state index contributed by atoms with van der Waals surface area (Å²) >= 11 is 6.39. The Bertz CT molecular complexity index is 1000. The van der Waals surface area contributed by atoms with Gasteiger partial charge in [-0.2, -0.15) is 0 Å². The van der Waals surface area contributed by atoms with E-state index in [1.54, 1.807) is 6.08 Å². The third-order valence-corrected chi connectivity index (χ3v) is 5.69. The number of nitro groups is 1. The minimum absolute atomic E-state index is 0.0875. The molecule has 7 nitrogen and oxygen atoms in total. The van der Waals surface area contributed by atoms with E-state index in [-0.39, 0.29) is 18.2 Å². The van der Waals surface area contributed by atoms with Gasteiger partial charge in [0.05, 0.1) is 9.83 Å². The molecule has 1 amide bonds. The maximum Gasteiger partial charge on any atom is 0.270 e. The lowest BCUT2D eigenvalue weighted by atomic mass is 10.1. The zero-order valence-corrected chi connectivity index (χ0v) is 18.1. The van der Waals surface area contributed by atoms with Crippen LogP contribution in [0.4, 0.5) is 5.69 Å². The standard InChI is InChI=1S/C21H20N2O5S2/c1-3-22-20(24)19(30-21(22)29)13-15-12-16(23(25)26)6-9-18(15)28-11-10-27-17-7-4-14(2)5-8-17/h4-9,12-13H,3,10-11H2,1-2H3. The van der Waals surface area contributed by atoms with Crippen LogP contribution < -0.4 is 9.47 Å². The van der Waals surface area contributed by atoms with E-state index in [4.69, 9.17) is 21.7 Å². The number of carbonyl (C=O) groups excluding carboxylic acids is 1. The van der Waals surface area contributed by atoms with Crippen LogP contribution in [0.15, 0.2) is 47.4 Å². The molecule has 0 aliphatic carbocycles. The lowest BCUT2D eigenvalue weighted by molar-refractivity contribution is -0.384. The van der Waals surface area contributed by atoms with Crippen LogP contribution in [-0.4, -0.2) is 39.8 Å². The van der Waals surface area contributed by atoms with E-state index in [0.717, 1.165) is 11.3 Å². The number of likely N-dealkylation sites (N-methyl/N-ethyl adjacent to an activating group) is 1. The first kappa shape index (κ1) is 21.8. The molecule has 0 unspecified atom stereocenters. The highest BCUT2D eigenvalue weighted by Crippen LogP contribution is 2.35. The highest BCUT2D eigenvalue weighted by molar-refractivity contribution is 8.26. The Kier molecular flexibility index (Phi) is 7.07. The van der Waals surface area contributed by atoms with E-state index in [9.17, 15) is 14.9 Å². The van der Waals surface area contributed by atoms with Gasteiger partial charge in [0.2, 0.25) is 0 Å². The first-order chi connectivity index (χ1) is 14.4. The van der Waals surface area contributed by atoms with Crippen molar-refractivity contribution >= 4 is 46.0 Å². The number of hydrogen-bond donors (Lipinski definition) is 0. The zero-order valence-electron chi connectivity index (χ0n) is 16.5. The number of carbonyl (C=O) groups is 1. The smallest absolute Gasteiger partial charge is 0.270 e. The summed E-state index contributed by atoms with van der Waals surface area (Å²) in [6.07, 6.45) is 1.58. The van der Waals surface area contributed by atoms with Crippen LogP contribution >= 0.6 is 24.0 Å². The maximum absolute atomic E-state index is 12.5. The number of rotatable bonds is 8. The summed E-state index contributed by atoms with van der Waals surface area (Å²) in [7, 11) is 0. The molecule has 9 heteroatoms. The Morgan fingerprint density at radius 2 is 1.87 bits per heavy atom. The molecule has 156 valence electrons. The van der Waals surface area contributed by atoms with Gasteiger partial charge >= 0.3 is 0 Å². The Morgan fingerprint density at radius 3 is 2.50 bits per heavy atom. The molecule has 0 atom stereocenters. The van der Waals surface area contributed by atoms with E-state index in [0.29, 0.717) is 33.7 Å². The number of nitro benzene ring substituents is 1. The Labute approximate surface area is 183 Å². The summed E-state index contributed by atoms with van der Waals surface area (Å²) in [4.78, 5) is 25.1. The second-order valence-electron chi connectivity index (χ2n) is 6.42. The number of hydrogen-bond acceptors (Lipinski definition) is 7. The number of non-ortho nitro benzene ring substituents is 1. The molecule has 2 aromatic carbocycles. The number of nitrogens with zero attached hydrogens (tertiary/aromatic N) is 2. The fourth-order valence-corrected chi connectivity index (χ4v) is 4.13. The molecule has 0 radical (unpaired) electrons. The monoisotopic (exact) mass is 444 g/mol. The van der Waals surface area contributed by atoms with Crippen LogP contribution in [0.5, 0.6) is 11.5 Å². The van der Waals surface area contributed by atoms with Gasteiger partial charge in [0.1, 0.15) is 29.0 Å². The molecule has 0 saturated carbocycles. The van der Waals surface area contributed by atoms with Crippen molar-refractivity contribution < 1.29 is 19.2 Å². The first-order valence-electron chi connectivity index (χ1n) is 9.25. The molecular formula is C21H20N2O5S2. The summed E-state index contributed by atoms with van der Waals surface area (Å²) in [5.74, 6) is 0.943. The van der Waals surface area contributed by atoms with Crippen molar-refractivity contribution in [3.8, 4) is 11.5 Å². The van der Waals surface area contributed by atoms with Crippen LogP contribution in [0.1, 0.15) is 18.1 Å². The van der Waals surface area contributed by atoms with Gasteiger partial charge in [0.25, 0.3) is 11.6 Å². The summed E-state index contributed by atoms with van der Waals surface area (Å²) in [6, 6.07) is 11.9. The van der Waals surface area contributed by atoms with E-state index in [1.807, 2.05) is 38.1 Å². The molecule has 1 saturated heterocycles. The van der Waals surface area contributed by atoms with Gasteiger partial charge in [-0.05, 0) is 38.1 Å². The molecule has 2 aromatic rings. The third-order valence-electron chi connectivity index (χ3n) is 4.31. The van der Waals surface area contributed by atoms with Gasteiger partial charge in [-0.3, -0.25) is 19.8 Å². The minimum atomic E-state index is -0.487. The molecule has 3 rings (SSSR count). The summed E-state index contributed by atoms with van der Waals surface area (Å²) < 4.78 is 11.9. The van der Waals surface area contributed by atoms with Gasteiger partial charge < -0.3 is 9.47 Å². The van der Waals surface area contributed by atoms with Gasteiger partial charge in [-0.25, -0.2) is 0 Å². The van der Waals surface area contributed by atoms with Crippen LogP contribution in [0.25, 0.3) is 6.08 Å². The average Bonchev–Trinajstić information content (AvgIpc) is 2.99. The molecule has 0 aromatic heterocycles. The number of thioether (sulfide) groups is 1. The van der Waals surface area contributed by atoms with Crippen molar-refractivity contribution in [1.82, 2.24) is 4.90 Å². The molecule has 0 N–H and O–H groups in total. The van der Waals surface area contributed by atoms with Gasteiger partial charge in [-0.15, -0.1) is 0 Å². The Hall–Kier alpha value is -2.91. The molecule has 1 heterocycles. The number of aryl methyl sites for hydroxylation is 1. The molecular weight excluding hydrogens is 424 g/mol. The van der Waals surface area contributed by atoms with Crippen molar-refractivity contribution in [2.75, 3.05) is 19.8 Å². The predicted molar refractivity (Wildman–Crippen MR) is 121 cm³/mol.